The fraction of sp³-hybridized carbons (Fsp3) is 0.818. The molecule has 3 nitrogen and oxygen atoms in total. The van der Waals surface area contributed by atoms with E-state index in [0.29, 0.717) is 6.10 Å². The summed E-state index contributed by atoms with van der Waals surface area (Å²) in [5.74, 6) is 0. The quantitative estimate of drug-likeness (QED) is 0.524. The van der Waals surface area contributed by atoms with E-state index >= 15 is 0 Å². The van der Waals surface area contributed by atoms with Crippen LogP contribution in [-0.4, -0.2) is 50.3 Å². The molecule has 0 saturated carbocycles. The Bertz CT molecular complexity index is 161. The summed E-state index contributed by atoms with van der Waals surface area (Å²) in [7, 11) is 0. The summed E-state index contributed by atoms with van der Waals surface area (Å²) < 4.78 is 5.58. The van der Waals surface area contributed by atoms with Crippen LogP contribution in [0.5, 0.6) is 0 Å². The smallest absolute Gasteiger partial charge is 0.0673 e. The molecule has 0 aromatic carbocycles. The SMILES string of the molecule is C=CCNCCN1CCCOC(C)C1. The van der Waals surface area contributed by atoms with Crippen LogP contribution in [-0.2, 0) is 4.74 Å². The maximum Gasteiger partial charge on any atom is 0.0673 e. The molecule has 1 unspecified atom stereocenters. The van der Waals surface area contributed by atoms with Crippen LogP contribution < -0.4 is 5.32 Å². The molecule has 0 aromatic heterocycles. The zero-order chi connectivity index (χ0) is 10.2. The Hall–Kier alpha value is -0.380. The summed E-state index contributed by atoms with van der Waals surface area (Å²) in [5.41, 5.74) is 0. The van der Waals surface area contributed by atoms with Crippen molar-refractivity contribution in [2.45, 2.75) is 19.4 Å². The summed E-state index contributed by atoms with van der Waals surface area (Å²) in [6.07, 6.45) is 3.44. The van der Waals surface area contributed by atoms with E-state index < -0.39 is 0 Å². The number of nitrogens with one attached hydrogen (secondary N) is 1. The van der Waals surface area contributed by atoms with Gasteiger partial charge in [-0.15, -0.1) is 6.58 Å². The summed E-state index contributed by atoms with van der Waals surface area (Å²) in [4.78, 5) is 2.47. The maximum absolute atomic E-state index is 5.58. The van der Waals surface area contributed by atoms with Crippen LogP contribution in [0.1, 0.15) is 13.3 Å². The average Bonchev–Trinajstić information content (AvgIpc) is 2.38. The third kappa shape index (κ3) is 4.74. The molecule has 0 spiro atoms. The zero-order valence-corrected chi connectivity index (χ0v) is 9.17. The van der Waals surface area contributed by atoms with Crippen molar-refractivity contribution in [1.82, 2.24) is 10.2 Å². The maximum atomic E-state index is 5.58. The van der Waals surface area contributed by atoms with E-state index in [-0.39, 0.29) is 0 Å². The van der Waals surface area contributed by atoms with E-state index in [1.165, 1.54) is 6.54 Å². The topological polar surface area (TPSA) is 24.5 Å². The molecule has 1 atom stereocenters. The minimum Gasteiger partial charge on any atom is -0.377 e. The Morgan fingerprint density at radius 2 is 2.50 bits per heavy atom. The van der Waals surface area contributed by atoms with Gasteiger partial charge in [0.2, 0.25) is 0 Å². The lowest BCUT2D eigenvalue weighted by Gasteiger charge is -2.21. The molecule has 0 bridgehead atoms. The highest BCUT2D eigenvalue weighted by Gasteiger charge is 2.13. The summed E-state index contributed by atoms with van der Waals surface area (Å²) in [5, 5.41) is 3.32. The van der Waals surface area contributed by atoms with Crippen LogP contribution in [0.2, 0.25) is 0 Å². The van der Waals surface area contributed by atoms with Crippen LogP contribution in [0.4, 0.5) is 0 Å². The lowest BCUT2D eigenvalue weighted by atomic mass is 10.3. The second-order valence-electron chi connectivity index (χ2n) is 3.83. The van der Waals surface area contributed by atoms with Crippen molar-refractivity contribution in [3.05, 3.63) is 12.7 Å². The Morgan fingerprint density at radius 3 is 3.29 bits per heavy atom. The van der Waals surface area contributed by atoms with Gasteiger partial charge in [-0.1, -0.05) is 6.08 Å². The normalized spacial score (nSPS) is 24.5. The molecule has 14 heavy (non-hydrogen) atoms. The second-order valence-corrected chi connectivity index (χ2v) is 3.83. The van der Waals surface area contributed by atoms with Gasteiger partial charge in [0, 0.05) is 39.3 Å². The monoisotopic (exact) mass is 198 g/mol. The highest BCUT2D eigenvalue weighted by Crippen LogP contribution is 2.03. The fourth-order valence-corrected chi connectivity index (χ4v) is 1.72. The molecule has 1 saturated heterocycles. The predicted octanol–water partition coefficient (Wildman–Crippen LogP) is 0.873. The average molecular weight is 198 g/mol. The van der Waals surface area contributed by atoms with Crippen molar-refractivity contribution in [3.63, 3.8) is 0 Å². The van der Waals surface area contributed by atoms with Gasteiger partial charge in [-0.3, -0.25) is 4.90 Å². The highest BCUT2D eigenvalue weighted by molar-refractivity contribution is 4.71. The molecular weight excluding hydrogens is 176 g/mol. The largest absolute Gasteiger partial charge is 0.377 e. The van der Waals surface area contributed by atoms with Gasteiger partial charge in [0.25, 0.3) is 0 Å². The molecule has 0 aromatic rings. The van der Waals surface area contributed by atoms with E-state index in [4.69, 9.17) is 4.74 Å². The minimum absolute atomic E-state index is 0.386. The lowest BCUT2D eigenvalue weighted by Crippen LogP contribution is -2.36. The zero-order valence-electron chi connectivity index (χ0n) is 9.17. The summed E-state index contributed by atoms with van der Waals surface area (Å²) >= 11 is 0. The predicted molar refractivity (Wildman–Crippen MR) is 59.5 cm³/mol. The molecule has 1 N–H and O–H groups in total. The Kier molecular flexibility index (Phi) is 5.83. The van der Waals surface area contributed by atoms with Gasteiger partial charge in [-0.25, -0.2) is 0 Å². The second kappa shape index (κ2) is 6.98. The number of nitrogens with zero attached hydrogens (tertiary/aromatic N) is 1. The van der Waals surface area contributed by atoms with Crippen molar-refractivity contribution >= 4 is 0 Å². The van der Waals surface area contributed by atoms with Gasteiger partial charge >= 0.3 is 0 Å². The van der Waals surface area contributed by atoms with Crippen molar-refractivity contribution in [2.75, 3.05) is 39.3 Å². The van der Waals surface area contributed by atoms with Gasteiger partial charge in [0.1, 0.15) is 0 Å². The minimum atomic E-state index is 0.386. The number of hydrogen-bond donors (Lipinski definition) is 1. The van der Waals surface area contributed by atoms with Gasteiger partial charge in [0.05, 0.1) is 6.10 Å². The number of ether oxygens (including phenoxy) is 1. The van der Waals surface area contributed by atoms with Crippen LogP contribution in [0, 0.1) is 0 Å². The summed E-state index contributed by atoms with van der Waals surface area (Å²) in [6, 6.07) is 0. The molecule has 82 valence electrons. The first-order chi connectivity index (χ1) is 6.83. The molecule has 1 fully saturated rings. The third-order valence-electron chi connectivity index (χ3n) is 2.43. The van der Waals surface area contributed by atoms with Gasteiger partial charge in [-0.2, -0.15) is 0 Å². The van der Waals surface area contributed by atoms with E-state index in [9.17, 15) is 0 Å². The first kappa shape index (κ1) is 11.7. The summed E-state index contributed by atoms with van der Waals surface area (Å²) in [6.45, 7) is 12.0. The molecule has 1 rings (SSSR count). The van der Waals surface area contributed by atoms with Crippen LogP contribution in [0.25, 0.3) is 0 Å². The molecule has 0 radical (unpaired) electrons. The Labute approximate surface area is 87.1 Å². The van der Waals surface area contributed by atoms with Crippen LogP contribution >= 0.6 is 0 Å². The standard InChI is InChI=1S/C11H22N2O/c1-3-5-12-6-8-13-7-4-9-14-11(2)10-13/h3,11-12H,1,4-10H2,2H3. The number of hydrogen-bond acceptors (Lipinski definition) is 3. The van der Waals surface area contributed by atoms with E-state index in [1.807, 2.05) is 6.08 Å². The van der Waals surface area contributed by atoms with Gasteiger partial charge < -0.3 is 10.1 Å². The van der Waals surface area contributed by atoms with Crippen molar-refractivity contribution in [2.24, 2.45) is 0 Å². The fourth-order valence-electron chi connectivity index (χ4n) is 1.72. The molecule has 1 aliphatic heterocycles. The number of rotatable bonds is 5. The van der Waals surface area contributed by atoms with Gasteiger partial charge in [-0.05, 0) is 13.3 Å². The third-order valence-corrected chi connectivity index (χ3v) is 2.43. The molecule has 0 aliphatic carbocycles. The molecular formula is C11H22N2O. The first-order valence-electron chi connectivity index (χ1n) is 5.48. The van der Waals surface area contributed by atoms with E-state index in [1.54, 1.807) is 0 Å². The molecule has 1 heterocycles. The van der Waals surface area contributed by atoms with Gasteiger partial charge in [0.15, 0.2) is 0 Å². The van der Waals surface area contributed by atoms with Crippen molar-refractivity contribution in [1.29, 1.82) is 0 Å². The molecule has 1 aliphatic rings. The van der Waals surface area contributed by atoms with E-state index in [2.05, 4.69) is 23.7 Å². The Balaban J connectivity index is 2.11. The molecule has 3 heteroatoms. The van der Waals surface area contributed by atoms with Crippen LogP contribution in [0.3, 0.4) is 0 Å². The lowest BCUT2D eigenvalue weighted by molar-refractivity contribution is 0.0679. The molecule has 0 amide bonds. The van der Waals surface area contributed by atoms with Crippen LogP contribution in [0.15, 0.2) is 12.7 Å². The highest BCUT2D eigenvalue weighted by atomic mass is 16.5. The van der Waals surface area contributed by atoms with Crippen molar-refractivity contribution < 1.29 is 4.74 Å². The first-order valence-corrected chi connectivity index (χ1v) is 5.48. The van der Waals surface area contributed by atoms with Crippen molar-refractivity contribution in [3.8, 4) is 0 Å². The van der Waals surface area contributed by atoms with E-state index in [0.717, 1.165) is 39.2 Å². The Morgan fingerprint density at radius 1 is 1.64 bits per heavy atom.